The number of rotatable bonds is 3. The second-order valence-corrected chi connectivity index (χ2v) is 5.90. The predicted octanol–water partition coefficient (Wildman–Crippen LogP) is 2.74. The van der Waals surface area contributed by atoms with Gasteiger partial charge in [0.25, 0.3) is 0 Å². The van der Waals surface area contributed by atoms with E-state index in [1.165, 1.54) is 17.4 Å². The van der Waals surface area contributed by atoms with Crippen LogP contribution in [-0.4, -0.2) is 22.2 Å². The first-order valence-electron chi connectivity index (χ1n) is 6.41. The lowest BCUT2D eigenvalue weighted by atomic mass is 10.0. The van der Waals surface area contributed by atoms with Gasteiger partial charge in [-0.3, -0.25) is 9.59 Å². The van der Waals surface area contributed by atoms with E-state index in [4.69, 9.17) is 5.11 Å². The molecule has 5 nitrogen and oxygen atoms in total. The standard InChI is InChI=1S/C16H10O5S/c17-13(18)7-8-5-10(16(20)21)14-12(6-8)22-11-4-2-1-3-9(11)15(14)19/h1-6H,7H2,(H,17,18)(H,20,21). The van der Waals surface area contributed by atoms with E-state index in [0.29, 0.717) is 15.6 Å². The van der Waals surface area contributed by atoms with Crippen LogP contribution in [0.4, 0.5) is 0 Å². The van der Waals surface area contributed by atoms with Gasteiger partial charge >= 0.3 is 11.9 Å². The summed E-state index contributed by atoms with van der Waals surface area (Å²) in [7, 11) is 0. The third kappa shape index (κ3) is 2.33. The van der Waals surface area contributed by atoms with Gasteiger partial charge in [0.2, 0.25) is 0 Å². The van der Waals surface area contributed by atoms with Gasteiger partial charge in [-0.2, -0.15) is 0 Å². The molecule has 110 valence electrons. The molecule has 0 aliphatic heterocycles. The average molecular weight is 314 g/mol. The number of hydrogen-bond acceptors (Lipinski definition) is 4. The molecular formula is C16H10O5S. The van der Waals surface area contributed by atoms with Crippen molar-refractivity contribution in [2.45, 2.75) is 6.42 Å². The highest BCUT2D eigenvalue weighted by molar-refractivity contribution is 7.24. The minimum absolute atomic E-state index is 0.130. The van der Waals surface area contributed by atoms with E-state index < -0.39 is 11.9 Å². The molecule has 0 saturated carbocycles. The van der Waals surface area contributed by atoms with Gasteiger partial charge < -0.3 is 10.2 Å². The van der Waals surface area contributed by atoms with E-state index in [-0.39, 0.29) is 22.8 Å². The van der Waals surface area contributed by atoms with Crippen LogP contribution in [0.15, 0.2) is 41.2 Å². The van der Waals surface area contributed by atoms with Crippen LogP contribution < -0.4 is 5.43 Å². The van der Waals surface area contributed by atoms with Crippen molar-refractivity contribution in [3.63, 3.8) is 0 Å². The summed E-state index contributed by atoms with van der Waals surface area (Å²) in [5, 5.41) is 18.8. The first-order valence-corrected chi connectivity index (χ1v) is 7.22. The van der Waals surface area contributed by atoms with Crippen LogP contribution in [0.2, 0.25) is 0 Å². The Labute approximate surface area is 128 Å². The van der Waals surface area contributed by atoms with Crippen molar-refractivity contribution in [1.29, 1.82) is 0 Å². The van der Waals surface area contributed by atoms with Gasteiger partial charge in [-0.1, -0.05) is 12.1 Å². The van der Waals surface area contributed by atoms with Gasteiger partial charge in [0.1, 0.15) is 0 Å². The minimum atomic E-state index is -1.24. The number of fused-ring (bicyclic) bond motifs is 2. The number of carbonyl (C=O) groups is 2. The summed E-state index contributed by atoms with van der Waals surface area (Å²) >= 11 is 1.28. The van der Waals surface area contributed by atoms with Gasteiger partial charge in [-0.25, -0.2) is 4.79 Å². The largest absolute Gasteiger partial charge is 0.481 e. The topological polar surface area (TPSA) is 91.7 Å². The second-order valence-electron chi connectivity index (χ2n) is 4.82. The fourth-order valence-electron chi connectivity index (χ4n) is 2.43. The molecule has 0 aliphatic carbocycles. The van der Waals surface area contributed by atoms with Crippen molar-refractivity contribution < 1.29 is 19.8 Å². The van der Waals surface area contributed by atoms with Gasteiger partial charge in [-0.05, 0) is 29.8 Å². The van der Waals surface area contributed by atoms with E-state index >= 15 is 0 Å². The van der Waals surface area contributed by atoms with Gasteiger partial charge in [0.05, 0.1) is 17.4 Å². The maximum absolute atomic E-state index is 12.6. The summed E-state index contributed by atoms with van der Waals surface area (Å²) in [6, 6.07) is 9.80. The van der Waals surface area contributed by atoms with Crippen LogP contribution in [0.1, 0.15) is 15.9 Å². The molecule has 0 fully saturated rings. The quantitative estimate of drug-likeness (QED) is 0.725. The average Bonchev–Trinajstić information content (AvgIpc) is 2.45. The summed E-state index contributed by atoms with van der Waals surface area (Å²) in [5.74, 6) is -2.29. The summed E-state index contributed by atoms with van der Waals surface area (Å²) < 4.78 is 1.23. The molecule has 0 spiro atoms. The molecule has 0 aliphatic rings. The molecule has 3 aromatic rings. The highest BCUT2D eigenvalue weighted by Gasteiger charge is 2.17. The van der Waals surface area contributed by atoms with Crippen LogP contribution >= 0.6 is 11.3 Å². The third-order valence-electron chi connectivity index (χ3n) is 3.33. The van der Waals surface area contributed by atoms with Crippen molar-refractivity contribution in [2.24, 2.45) is 0 Å². The van der Waals surface area contributed by atoms with Crippen molar-refractivity contribution in [3.05, 3.63) is 57.7 Å². The molecule has 22 heavy (non-hydrogen) atoms. The van der Waals surface area contributed by atoms with Crippen molar-refractivity contribution in [3.8, 4) is 0 Å². The van der Waals surface area contributed by atoms with Crippen LogP contribution in [0, 0.1) is 0 Å². The maximum Gasteiger partial charge on any atom is 0.336 e. The molecular weight excluding hydrogens is 304 g/mol. The smallest absolute Gasteiger partial charge is 0.336 e. The Morgan fingerprint density at radius 1 is 1.05 bits per heavy atom. The summed E-state index contributed by atoms with van der Waals surface area (Å²) in [5.41, 5.74) is -0.132. The molecule has 0 atom stereocenters. The third-order valence-corrected chi connectivity index (χ3v) is 4.44. The zero-order chi connectivity index (χ0) is 15.9. The monoisotopic (exact) mass is 314 g/mol. The van der Waals surface area contributed by atoms with Crippen molar-refractivity contribution >= 4 is 43.4 Å². The lowest BCUT2D eigenvalue weighted by molar-refractivity contribution is -0.136. The zero-order valence-electron chi connectivity index (χ0n) is 11.2. The number of hydrogen-bond donors (Lipinski definition) is 2. The molecule has 1 aromatic heterocycles. The van der Waals surface area contributed by atoms with Gasteiger partial charge in [0.15, 0.2) is 5.43 Å². The summed E-state index contributed by atoms with van der Waals surface area (Å²) in [4.78, 5) is 34.9. The van der Waals surface area contributed by atoms with Crippen molar-refractivity contribution in [1.82, 2.24) is 0 Å². The summed E-state index contributed by atoms with van der Waals surface area (Å²) in [6.45, 7) is 0. The Hall–Kier alpha value is -2.73. The molecule has 0 saturated heterocycles. The van der Waals surface area contributed by atoms with E-state index in [9.17, 15) is 19.5 Å². The SMILES string of the molecule is O=C(O)Cc1cc(C(=O)O)c2c(=O)c3ccccc3sc2c1. The normalized spacial score (nSPS) is 10.9. The van der Waals surface area contributed by atoms with E-state index in [0.717, 1.165) is 4.70 Å². The highest BCUT2D eigenvalue weighted by Crippen LogP contribution is 2.28. The predicted molar refractivity (Wildman–Crippen MR) is 83.9 cm³/mol. The Balaban J connectivity index is 2.46. The highest BCUT2D eigenvalue weighted by atomic mass is 32.1. The van der Waals surface area contributed by atoms with Gasteiger partial charge in [-0.15, -0.1) is 11.3 Å². The van der Waals surface area contributed by atoms with Crippen molar-refractivity contribution in [2.75, 3.05) is 0 Å². The maximum atomic E-state index is 12.6. The number of carboxylic acids is 2. The molecule has 1 heterocycles. The molecule has 0 amide bonds. The second kappa shape index (κ2) is 5.23. The number of carboxylic acid groups (broad SMARTS) is 2. The zero-order valence-corrected chi connectivity index (χ0v) is 12.0. The first kappa shape index (κ1) is 14.2. The number of aliphatic carboxylic acids is 1. The van der Waals surface area contributed by atoms with Crippen LogP contribution in [-0.2, 0) is 11.2 Å². The molecule has 0 unspecified atom stereocenters. The Bertz CT molecular complexity index is 987. The Morgan fingerprint density at radius 3 is 2.45 bits per heavy atom. The van der Waals surface area contributed by atoms with E-state index in [1.807, 2.05) is 0 Å². The molecule has 6 heteroatoms. The van der Waals surface area contributed by atoms with Crippen LogP contribution in [0.25, 0.3) is 20.2 Å². The van der Waals surface area contributed by atoms with E-state index in [2.05, 4.69) is 0 Å². The molecule has 0 bridgehead atoms. The van der Waals surface area contributed by atoms with Crippen LogP contribution in [0.3, 0.4) is 0 Å². The lowest BCUT2D eigenvalue weighted by Crippen LogP contribution is -2.10. The Morgan fingerprint density at radius 2 is 1.77 bits per heavy atom. The fraction of sp³-hybridized carbons (Fsp3) is 0.0625. The Kier molecular flexibility index (Phi) is 3.38. The number of benzene rings is 2. The lowest BCUT2D eigenvalue weighted by Gasteiger charge is -2.07. The van der Waals surface area contributed by atoms with Gasteiger partial charge in [0, 0.05) is 14.8 Å². The molecule has 2 N–H and O–H groups in total. The molecule has 0 radical (unpaired) electrons. The molecule has 2 aromatic carbocycles. The fourth-order valence-corrected chi connectivity index (χ4v) is 3.60. The summed E-state index contributed by atoms with van der Waals surface area (Å²) in [6.07, 6.45) is -0.288. The van der Waals surface area contributed by atoms with E-state index in [1.54, 1.807) is 30.3 Å². The molecule has 3 rings (SSSR count). The number of aromatic carboxylic acids is 1. The van der Waals surface area contributed by atoms with Crippen LogP contribution in [0.5, 0.6) is 0 Å². The minimum Gasteiger partial charge on any atom is -0.481 e. The first-order chi connectivity index (χ1) is 10.5.